The van der Waals surface area contributed by atoms with Crippen LogP contribution in [0.1, 0.15) is 18.9 Å². The van der Waals surface area contributed by atoms with Crippen LogP contribution in [0, 0.1) is 0 Å². The summed E-state index contributed by atoms with van der Waals surface area (Å²) in [6, 6.07) is 10.1. The molecular formula is C16H17BrN4. The summed E-state index contributed by atoms with van der Waals surface area (Å²) >= 11 is 3.57. The summed E-state index contributed by atoms with van der Waals surface area (Å²) in [6.07, 6.45) is 2.84. The molecule has 3 rings (SSSR count). The maximum Gasteiger partial charge on any atom is 0.160 e. The lowest BCUT2D eigenvalue weighted by atomic mass is 10.2. The molecule has 0 bridgehead atoms. The van der Waals surface area contributed by atoms with Crippen molar-refractivity contribution in [3.63, 3.8) is 0 Å². The zero-order chi connectivity index (χ0) is 14.8. The summed E-state index contributed by atoms with van der Waals surface area (Å²) in [4.78, 5) is 9.26. The Morgan fingerprint density at radius 2 is 2.14 bits per heavy atom. The molecule has 0 fully saturated rings. The van der Waals surface area contributed by atoms with Gasteiger partial charge in [0.25, 0.3) is 0 Å². The molecule has 5 heteroatoms. The van der Waals surface area contributed by atoms with E-state index in [1.54, 1.807) is 6.20 Å². The van der Waals surface area contributed by atoms with Crippen LogP contribution in [0.4, 0.5) is 0 Å². The maximum absolute atomic E-state index is 5.73. The van der Waals surface area contributed by atoms with Gasteiger partial charge in [-0.05, 0) is 52.2 Å². The van der Waals surface area contributed by atoms with Crippen molar-refractivity contribution in [1.82, 2.24) is 14.5 Å². The second-order valence-corrected chi connectivity index (χ2v) is 5.80. The summed E-state index contributed by atoms with van der Waals surface area (Å²) < 4.78 is 3.18. The number of nitrogens with zero attached hydrogens (tertiary/aromatic N) is 3. The minimum absolute atomic E-state index is 0.527. The van der Waals surface area contributed by atoms with E-state index in [1.807, 2.05) is 12.1 Å². The van der Waals surface area contributed by atoms with Gasteiger partial charge in [-0.3, -0.25) is 4.98 Å². The molecule has 0 spiro atoms. The van der Waals surface area contributed by atoms with Crippen molar-refractivity contribution in [3.8, 4) is 11.5 Å². The van der Waals surface area contributed by atoms with E-state index < -0.39 is 0 Å². The molecule has 2 aromatic heterocycles. The molecule has 0 atom stereocenters. The minimum atomic E-state index is 0.527. The van der Waals surface area contributed by atoms with Crippen LogP contribution in [0.5, 0.6) is 0 Å². The Hall–Kier alpha value is -1.72. The number of hydrogen-bond donors (Lipinski definition) is 1. The highest BCUT2D eigenvalue weighted by molar-refractivity contribution is 9.10. The topological polar surface area (TPSA) is 56.7 Å². The molecule has 2 heterocycles. The quantitative estimate of drug-likeness (QED) is 0.784. The number of aryl methyl sites for hydroxylation is 1. The molecule has 2 N–H and O–H groups in total. The van der Waals surface area contributed by atoms with E-state index in [-0.39, 0.29) is 0 Å². The fourth-order valence-electron chi connectivity index (χ4n) is 2.48. The number of nitrogens with two attached hydrogens (primary N) is 1. The number of benzene rings is 1. The number of halogens is 1. The number of rotatable bonds is 4. The fourth-order valence-corrected chi connectivity index (χ4v) is 2.92. The normalized spacial score (nSPS) is 11.2. The average molecular weight is 345 g/mol. The first-order valence-corrected chi connectivity index (χ1v) is 7.84. The van der Waals surface area contributed by atoms with E-state index in [4.69, 9.17) is 10.7 Å². The zero-order valence-electron chi connectivity index (χ0n) is 11.9. The Morgan fingerprint density at radius 1 is 1.29 bits per heavy atom. The molecule has 0 aliphatic carbocycles. The lowest BCUT2D eigenvalue weighted by Gasteiger charge is -2.08. The standard InChI is InChI=1S/C16H17BrN4/c1-2-8-21-14-6-5-11(10-18)9-13(14)20-16(21)15-12(17)4-3-7-19-15/h3-7,9H,2,8,10,18H2,1H3. The monoisotopic (exact) mass is 344 g/mol. The molecule has 108 valence electrons. The molecule has 4 nitrogen and oxygen atoms in total. The van der Waals surface area contributed by atoms with Gasteiger partial charge in [0.15, 0.2) is 5.82 Å². The Balaban J connectivity index is 2.26. The molecule has 0 amide bonds. The van der Waals surface area contributed by atoms with Gasteiger partial charge in [-0.1, -0.05) is 13.0 Å². The van der Waals surface area contributed by atoms with Gasteiger partial charge < -0.3 is 10.3 Å². The summed E-state index contributed by atoms with van der Waals surface area (Å²) in [5.74, 6) is 0.897. The van der Waals surface area contributed by atoms with Gasteiger partial charge in [-0.15, -0.1) is 0 Å². The molecule has 21 heavy (non-hydrogen) atoms. The van der Waals surface area contributed by atoms with Crippen molar-refractivity contribution in [2.24, 2.45) is 5.73 Å². The number of aromatic nitrogens is 3. The van der Waals surface area contributed by atoms with Crippen LogP contribution in [0.2, 0.25) is 0 Å². The van der Waals surface area contributed by atoms with Crippen molar-refractivity contribution in [1.29, 1.82) is 0 Å². The van der Waals surface area contributed by atoms with Gasteiger partial charge in [0.2, 0.25) is 0 Å². The maximum atomic E-state index is 5.73. The van der Waals surface area contributed by atoms with Crippen LogP contribution in [0.15, 0.2) is 41.0 Å². The molecular weight excluding hydrogens is 328 g/mol. The molecule has 0 saturated heterocycles. The Labute approximate surface area is 132 Å². The van der Waals surface area contributed by atoms with E-state index in [9.17, 15) is 0 Å². The third-order valence-electron chi connectivity index (χ3n) is 3.47. The Morgan fingerprint density at radius 3 is 2.86 bits per heavy atom. The minimum Gasteiger partial charge on any atom is -0.326 e. The van der Waals surface area contributed by atoms with Crippen LogP contribution >= 0.6 is 15.9 Å². The number of imidazole rings is 1. The van der Waals surface area contributed by atoms with Crippen molar-refractivity contribution in [2.45, 2.75) is 26.4 Å². The lowest BCUT2D eigenvalue weighted by molar-refractivity contribution is 0.702. The Kier molecular flexibility index (Phi) is 4.03. The predicted octanol–water partition coefficient (Wildman–Crippen LogP) is 3.73. The number of pyridine rings is 1. The van der Waals surface area contributed by atoms with Gasteiger partial charge in [-0.25, -0.2) is 4.98 Å². The summed E-state index contributed by atoms with van der Waals surface area (Å²) in [5, 5.41) is 0. The van der Waals surface area contributed by atoms with Crippen LogP contribution in [-0.4, -0.2) is 14.5 Å². The SMILES string of the molecule is CCCn1c(-c2ncccc2Br)nc2cc(CN)ccc21. The van der Waals surface area contributed by atoms with Crippen molar-refractivity contribution in [3.05, 3.63) is 46.6 Å². The number of fused-ring (bicyclic) bond motifs is 1. The smallest absolute Gasteiger partial charge is 0.160 e. The van der Waals surface area contributed by atoms with E-state index in [0.29, 0.717) is 6.54 Å². The lowest BCUT2D eigenvalue weighted by Crippen LogP contribution is -2.01. The van der Waals surface area contributed by atoms with Crippen molar-refractivity contribution >= 4 is 27.0 Å². The summed E-state index contributed by atoms with van der Waals surface area (Å²) in [7, 11) is 0. The van der Waals surface area contributed by atoms with Crippen LogP contribution in [-0.2, 0) is 13.1 Å². The largest absolute Gasteiger partial charge is 0.326 e. The van der Waals surface area contributed by atoms with Crippen molar-refractivity contribution < 1.29 is 0 Å². The van der Waals surface area contributed by atoms with E-state index in [2.05, 4.69) is 50.6 Å². The van der Waals surface area contributed by atoms with E-state index >= 15 is 0 Å². The first kappa shape index (κ1) is 14.2. The zero-order valence-corrected chi connectivity index (χ0v) is 13.5. The highest BCUT2D eigenvalue weighted by Gasteiger charge is 2.15. The predicted molar refractivity (Wildman–Crippen MR) is 88.8 cm³/mol. The molecule has 0 unspecified atom stereocenters. The average Bonchev–Trinajstić information content (AvgIpc) is 2.86. The highest BCUT2D eigenvalue weighted by atomic mass is 79.9. The van der Waals surface area contributed by atoms with Crippen LogP contribution in [0.3, 0.4) is 0 Å². The van der Waals surface area contributed by atoms with E-state index in [0.717, 1.165) is 45.6 Å². The molecule has 0 aliphatic rings. The summed E-state index contributed by atoms with van der Waals surface area (Å²) in [6.45, 7) is 3.60. The first-order valence-electron chi connectivity index (χ1n) is 7.04. The third-order valence-corrected chi connectivity index (χ3v) is 4.11. The molecule has 3 aromatic rings. The van der Waals surface area contributed by atoms with Crippen LogP contribution in [0.25, 0.3) is 22.6 Å². The van der Waals surface area contributed by atoms with Gasteiger partial charge >= 0.3 is 0 Å². The number of hydrogen-bond acceptors (Lipinski definition) is 3. The Bertz CT molecular complexity index is 779. The molecule has 0 saturated carbocycles. The highest BCUT2D eigenvalue weighted by Crippen LogP contribution is 2.29. The van der Waals surface area contributed by atoms with E-state index in [1.165, 1.54) is 0 Å². The molecule has 0 radical (unpaired) electrons. The summed E-state index contributed by atoms with van der Waals surface area (Å²) in [5.41, 5.74) is 9.79. The fraction of sp³-hybridized carbons (Fsp3) is 0.250. The third kappa shape index (κ3) is 2.59. The molecule has 0 aliphatic heterocycles. The molecule has 1 aromatic carbocycles. The van der Waals surface area contributed by atoms with Gasteiger partial charge in [-0.2, -0.15) is 0 Å². The van der Waals surface area contributed by atoms with Gasteiger partial charge in [0, 0.05) is 23.8 Å². The van der Waals surface area contributed by atoms with Gasteiger partial charge in [0.05, 0.1) is 11.0 Å². The van der Waals surface area contributed by atoms with Gasteiger partial charge in [0.1, 0.15) is 5.69 Å². The second-order valence-electron chi connectivity index (χ2n) is 4.95. The van der Waals surface area contributed by atoms with Crippen LogP contribution < -0.4 is 5.73 Å². The second kappa shape index (κ2) is 5.95. The first-order chi connectivity index (χ1) is 10.2. The van der Waals surface area contributed by atoms with Crippen molar-refractivity contribution in [2.75, 3.05) is 0 Å².